The maximum atomic E-state index is 3.43. The Labute approximate surface area is 101 Å². The first-order valence-electron chi connectivity index (χ1n) is 7.13. The fourth-order valence-electron chi connectivity index (χ4n) is 3.66. The van der Waals surface area contributed by atoms with E-state index in [-0.39, 0.29) is 0 Å². The molecule has 2 aliphatic rings. The van der Waals surface area contributed by atoms with E-state index in [2.05, 4.69) is 31.1 Å². The van der Waals surface area contributed by atoms with Crippen LogP contribution >= 0.6 is 0 Å². The molecule has 94 valence electrons. The second-order valence-corrected chi connectivity index (χ2v) is 6.01. The third kappa shape index (κ3) is 2.78. The molecule has 2 heteroatoms. The molecule has 1 aliphatic carbocycles. The van der Waals surface area contributed by atoms with Crippen molar-refractivity contribution in [3.63, 3.8) is 0 Å². The topological polar surface area (TPSA) is 15.3 Å². The maximum Gasteiger partial charge on any atom is 0.00992 e. The molecule has 1 saturated heterocycles. The summed E-state index contributed by atoms with van der Waals surface area (Å²) in [6, 6.07) is 2.49. The summed E-state index contributed by atoms with van der Waals surface area (Å²) >= 11 is 0. The van der Waals surface area contributed by atoms with Gasteiger partial charge in [-0.25, -0.2) is 0 Å². The molecule has 1 saturated carbocycles. The van der Waals surface area contributed by atoms with Gasteiger partial charge in [-0.1, -0.05) is 6.92 Å². The van der Waals surface area contributed by atoms with Gasteiger partial charge in [0.2, 0.25) is 0 Å². The first-order valence-corrected chi connectivity index (χ1v) is 7.13. The molecule has 1 heterocycles. The van der Waals surface area contributed by atoms with Gasteiger partial charge in [0, 0.05) is 18.1 Å². The molecule has 0 aromatic carbocycles. The van der Waals surface area contributed by atoms with Crippen LogP contribution in [0.4, 0.5) is 0 Å². The van der Waals surface area contributed by atoms with Crippen LogP contribution in [-0.2, 0) is 0 Å². The van der Waals surface area contributed by atoms with E-state index in [0.717, 1.165) is 24.0 Å². The monoisotopic (exact) mass is 224 g/mol. The van der Waals surface area contributed by atoms with Crippen molar-refractivity contribution in [2.24, 2.45) is 5.92 Å². The zero-order chi connectivity index (χ0) is 11.5. The molecule has 1 aliphatic heterocycles. The van der Waals surface area contributed by atoms with Crippen molar-refractivity contribution in [3.05, 3.63) is 0 Å². The Morgan fingerprint density at radius 2 is 1.69 bits per heavy atom. The Hall–Kier alpha value is -0.0800. The van der Waals surface area contributed by atoms with Crippen LogP contribution in [0.1, 0.15) is 52.4 Å². The van der Waals surface area contributed by atoms with Crippen molar-refractivity contribution in [1.29, 1.82) is 0 Å². The van der Waals surface area contributed by atoms with Crippen LogP contribution in [0.3, 0.4) is 0 Å². The van der Waals surface area contributed by atoms with Crippen LogP contribution in [-0.4, -0.2) is 36.6 Å². The molecule has 0 aromatic heterocycles. The first kappa shape index (κ1) is 12.4. The number of likely N-dealkylation sites (tertiary alicyclic amines) is 1. The largest absolute Gasteiger partial charge is 0.317 e. The van der Waals surface area contributed by atoms with Gasteiger partial charge in [0.25, 0.3) is 0 Å². The molecule has 0 bridgehead atoms. The summed E-state index contributed by atoms with van der Waals surface area (Å²) in [5.74, 6) is 0.944. The van der Waals surface area contributed by atoms with Gasteiger partial charge in [-0.3, -0.25) is 4.90 Å². The Balaban J connectivity index is 1.84. The van der Waals surface area contributed by atoms with Crippen molar-refractivity contribution in [2.75, 3.05) is 13.6 Å². The number of hydrogen-bond donors (Lipinski definition) is 1. The molecule has 0 aromatic rings. The van der Waals surface area contributed by atoms with Crippen molar-refractivity contribution in [3.8, 4) is 0 Å². The van der Waals surface area contributed by atoms with E-state index in [9.17, 15) is 0 Å². The summed E-state index contributed by atoms with van der Waals surface area (Å²) < 4.78 is 0. The molecular formula is C14H28N2. The third-order valence-corrected chi connectivity index (χ3v) is 4.76. The number of nitrogens with one attached hydrogen (secondary N) is 1. The van der Waals surface area contributed by atoms with Crippen LogP contribution in [0.5, 0.6) is 0 Å². The zero-order valence-corrected chi connectivity index (χ0v) is 11.2. The van der Waals surface area contributed by atoms with E-state index < -0.39 is 0 Å². The Morgan fingerprint density at radius 1 is 1.00 bits per heavy atom. The minimum atomic E-state index is 0.787. The van der Waals surface area contributed by atoms with E-state index in [4.69, 9.17) is 0 Å². The number of piperidine rings is 1. The second-order valence-electron chi connectivity index (χ2n) is 6.01. The lowest BCUT2D eigenvalue weighted by atomic mass is 9.86. The average molecular weight is 224 g/mol. The summed E-state index contributed by atoms with van der Waals surface area (Å²) in [5, 5.41) is 3.43. The average Bonchev–Trinajstić information content (AvgIpc) is 2.29. The molecule has 1 N–H and O–H groups in total. The molecule has 2 unspecified atom stereocenters. The predicted octanol–water partition coefficient (Wildman–Crippen LogP) is 2.64. The van der Waals surface area contributed by atoms with Crippen molar-refractivity contribution >= 4 is 0 Å². The number of rotatable bonds is 2. The van der Waals surface area contributed by atoms with Gasteiger partial charge < -0.3 is 5.32 Å². The molecular weight excluding hydrogens is 196 g/mol. The molecule has 0 radical (unpaired) electrons. The van der Waals surface area contributed by atoms with Gasteiger partial charge in [-0.05, 0) is 65.0 Å². The summed E-state index contributed by atoms with van der Waals surface area (Å²) in [4.78, 5) is 2.80. The third-order valence-electron chi connectivity index (χ3n) is 4.76. The van der Waals surface area contributed by atoms with Crippen LogP contribution in [0.25, 0.3) is 0 Å². The van der Waals surface area contributed by atoms with Crippen LogP contribution in [0, 0.1) is 5.92 Å². The highest BCUT2D eigenvalue weighted by Gasteiger charge is 2.31. The maximum absolute atomic E-state index is 3.43. The minimum Gasteiger partial charge on any atom is -0.317 e. The Bertz CT molecular complexity index is 209. The van der Waals surface area contributed by atoms with Gasteiger partial charge in [0.15, 0.2) is 0 Å². The van der Waals surface area contributed by atoms with Gasteiger partial charge >= 0.3 is 0 Å². The summed E-state index contributed by atoms with van der Waals surface area (Å²) in [6.07, 6.45) is 8.39. The first-order chi connectivity index (χ1) is 7.70. The summed E-state index contributed by atoms with van der Waals surface area (Å²) in [7, 11) is 2.11. The lowest BCUT2D eigenvalue weighted by Crippen LogP contribution is -2.49. The normalized spacial score (nSPS) is 42.2. The number of nitrogens with zero attached hydrogens (tertiary/aromatic N) is 1. The fraction of sp³-hybridized carbons (Fsp3) is 1.00. The van der Waals surface area contributed by atoms with E-state index in [1.165, 1.54) is 45.1 Å². The van der Waals surface area contributed by atoms with Crippen molar-refractivity contribution < 1.29 is 0 Å². The van der Waals surface area contributed by atoms with Gasteiger partial charge in [0.1, 0.15) is 0 Å². The van der Waals surface area contributed by atoms with Gasteiger partial charge in [-0.2, -0.15) is 0 Å². The Kier molecular flexibility index (Phi) is 4.26. The SMILES string of the molecule is CNC1CCC(N2CCC(C)CC2C)CC1. The zero-order valence-electron chi connectivity index (χ0n) is 11.2. The molecule has 2 rings (SSSR count). The van der Waals surface area contributed by atoms with Crippen molar-refractivity contribution in [2.45, 2.75) is 70.5 Å². The lowest BCUT2D eigenvalue weighted by molar-refractivity contribution is 0.0580. The van der Waals surface area contributed by atoms with E-state index >= 15 is 0 Å². The molecule has 2 fully saturated rings. The van der Waals surface area contributed by atoms with Crippen molar-refractivity contribution in [1.82, 2.24) is 10.2 Å². The highest BCUT2D eigenvalue weighted by atomic mass is 15.2. The quantitative estimate of drug-likeness (QED) is 0.776. The smallest absolute Gasteiger partial charge is 0.00992 e. The lowest BCUT2D eigenvalue weighted by Gasteiger charge is -2.44. The molecule has 2 atom stereocenters. The van der Waals surface area contributed by atoms with Crippen LogP contribution in [0.15, 0.2) is 0 Å². The predicted molar refractivity (Wildman–Crippen MR) is 69.7 cm³/mol. The van der Waals surface area contributed by atoms with Gasteiger partial charge in [-0.15, -0.1) is 0 Å². The Morgan fingerprint density at radius 3 is 2.25 bits per heavy atom. The van der Waals surface area contributed by atoms with E-state index in [1.807, 2.05) is 0 Å². The summed E-state index contributed by atoms with van der Waals surface area (Å²) in [6.45, 7) is 6.18. The molecule has 0 amide bonds. The molecule has 2 nitrogen and oxygen atoms in total. The van der Waals surface area contributed by atoms with Crippen LogP contribution in [0.2, 0.25) is 0 Å². The highest BCUT2D eigenvalue weighted by Crippen LogP contribution is 2.30. The second kappa shape index (κ2) is 5.50. The molecule has 0 spiro atoms. The number of hydrogen-bond acceptors (Lipinski definition) is 2. The van der Waals surface area contributed by atoms with Gasteiger partial charge in [0.05, 0.1) is 0 Å². The van der Waals surface area contributed by atoms with Crippen LogP contribution < -0.4 is 5.32 Å². The minimum absolute atomic E-state index is 0.787. The van der Waals surface area contributed by atoms with E-state index in [0.29, 0.717) is 0 Å². The standard InChI is InChI=1S/C14H28N2/c1-11-8-9-16(12(2)10-11)14-6-4-13(15-3)5-7-14/h11-15H,4-10H2,1-3H3. The van der Waals surface area contributed by atoms with E-state index in [1.54, 1.807) is 0 Å². The fourth-order valence-corrected chi connectivity index (χ4v) is 3.66. The highest BCUT2D eigenvalue weighted by molar-refractivity contribution is 4.87. The summed E-state index contributed by atoms with van der Waals surface area (Å²) in [5.41, 5.74) is 0. The molecule has 16 heavy (non-hydrogen) atoms.